The van der Waals surface area contributed by atoms with E-state index in [2.05, 4.69) is 4.99 Å². The third-order valence-electron chi connectivity index (χ3n) is 3.14. The third kappa shape index (κ3) is 5.09. The van der Waals surface area contributed by atoms with Crippen LogP contribution in [0.15, 0.2) is 35.3 Å². The van der Waals surface area contributed by atoms with Gasteiger partial charge in [-0.3, -0.25) is 4.99 Å². The molecule has 0 heterocycles. The van der Waals surface area contributed by atoms with Gasteiger partial charge in [-0.15, -0.1) is 0 Å². The second kappa shape index (κ2) is 8.86. The number of hydrogen-bond acceptors (Lipinski definition) is 5. The van der Waals surface area contributed by atoms with E-state index in [1.54, 1.807) is 24.4 Å². The minimum absolute atomic E-state index is 0.00164. The van der Waals surface area contributed by atoms with Crippen LogP contribution >= 0.6 is 34.2 Å². The van der Waals surface area contributed by atoms with Crippen LogP contribution < -0.4 is 9.47 Å². The molecule has 0 aromatic heterocycles. The van der Waals surface area contributed by atoms with Crippen LogP contribution in [0.5, 0.6) is 11.5 Å². The van der Waals surface area contributed by atoms with Gasteiger partial charge in [-0.1, -0.05) is 11.6 Å². The summed E-state index contributed by atoms with van der Waals surface area (Å²) in [7, 11) is 1.45. The Bertz CT molecular complexity index is 884. The van der Waals surface area contributed by atoms with Crippen LogP contribution in [-0.4, -0.2) is 42.1 Å². The molecule has 0 aliphatic heterocycles. The first-order valence-electron chi connectivity index (χ1n) is 7.11. The summed E-state index contributed by atoms with van der Waals surface area (Å²) in [6.45, 7) is -0.478. The molecule has 0 saturated heterocycles. The van der Waals surface area contributed by atoms with E-state index in [0.29, 0.717) is 26.3 Å². The molecule has 0 fully saturated rings. The number of ether oxygens (including phenoxy) is 2. The van der Waals surface area contributed by atoms with Crippen molar-refractivity contribution in [3.8, 4) is 11.5 Å². The first-order chi connectivity index (χ1) is 12.3. The molecule has 7 nitrogen and oxygen atoms in total. The Balaban J connectivity index is 2.28. The maximum atomic E-state index is 11.0. The fourth-order valence-electron chi connectivity index (χ4n) is 2.00. The van der Waals surface area contributed by atoms with Gasteiger partial charge in [0, 0.05) is 6.21 Å². The molecular formula is C17H13ClINO6. The van der Waals surface area contributed by atoms with Gasteiger partial charge in [0.05, 0.1) is 27.0 Å². The largest absolute Gasteiger partial charge is 0.493 e. The standard InChI is InChI=1S/C17H13ClINO6/c1-25-14-5-9(4-13(19)16(14)26-8-15(21)22)7-20-10-2-3-11(17(23)24)12(18)6-10/h2-7H,8H2,1H3,(H,21,22)(H,23,24). The number of hydrogen-bond donors (Lipinski definition) is 2. The quantitative estimate of drug-likeness (QED) is 0.452. The molecule has 0 spiro atoms. The van der Waals surface area contributed by atoms with Gasteiger partial charge in [-0.25, -0.2) is 9.59 Å². The Morgan fingerprint density at radius 3 is 2.58 bits per heavy atom. The number of carbonyl (C=O) groups is 2. The van der Waals surface area contributed by atoms with Crippen molar-refractivity contribution in [3.05, 3.63) is 50.1 Å². The maximum absolute atomic E-state index is 11.0. The predicted octanol–water partition coefficient (Wildman–Crippen LogP) is 3.87. The number of carboxylic acids is 2. The highest BCUT2D eigenvalue weighted by molar-refractivity contribution is 14.1. The molecule has 0 aliphatic carbocycles. The Hall–Kier alpha value is -2.33. The van der Waals surface area contributed by atoms with E-state index in [1.165, 1.54) is 19.2 Å². The summed E-state index contributed by atoms with van der Waals surface area (Å²) >= 11 is 7.93. The van der Waals surface area contributed by atoms with Crippen molar-refractivity contribution >= 4 is 58.0 Å². The zero-order valence-electron chi connectivity index (χ0n) is 13.4. The van der Waals surface area contributed by atoms with E-state index >= 15 is 0 Å². The van der Waals surface area contributed by atoms with E-state index in [4.69, 9.17) is 31.3 Å². The van der Waals surface area contributed by atoms with Gasteiger partial charge in [0.25, 0.3) is 0 Å². The fraction of sp³-hybridized carbons (Fsp3) is 0.118. The van der Waals surface area contributed by atoms with Crippen molar-refractivity contribution < 1.29 is 29.3 Å². The van der Waals surface area contributed by atoms with Crippen molar-refractivity contribution in [1.29, 1.82) is 0 Å². The number of carboxylic acid groups (broad SMARTS) is 2. The third-order valence-corrected chi connectivity index (χ3v) is 4.25. The normalized spacial score (nSPS) is 10.7. The van der Waals surface area contributed by atoms with Gasteiger partial charge in [-0.2, -0.15) is 0 Å². The van der Waals surface area contributed by atoms with Gasteiger partial charge >= 0.3 is 11.9 Å². The fourth-order valence-corrected chi connectivity index (χ4v) is 3.03. The lowest BCUT2D eigenvalue weighted by molar-refractivity contribution is -0.139. The SMILES string of the molecule is COc1cc(C=Nc2ccc(C(=O)O)c(Cl)c2)cc(I)c1OCC(=O)O. The number of aliphatic carboxylic acids is 1. The van der Waals surface area contributed by atoms with Crippen molar-refractivity contribution in [3.63, 3.8) is 0 Å². The van der Waals surface area contributed by atoms with E-state index in [-0.39, 0.29) is 10.6 Å². The zero-order chi connectivity index (χ0) is 19.3. The Morgan fingerprint density at radius 2 is 2.00 bits per heavy atom. The summed E-state index contributed by atoms with van der Waals surface area (Å²) in [5.41, 5.74) is 1.18. The average molecular weight is 490 g/mol. The molecule has 26 heavy (non-hydrogen) atoms. The van der Waals surface area contributed by atoms with Gasteiger partial charge in [0.1, 0.15) is 0 Å². The molecule has 0 amide bonds. The van der Waals surface area contributed by atoms with Gasteiger partial charge < -0.3 is 19.7 Å². The molecule has 0 aliphatic rings. The van der Waals surface area contributed by atoms with Crippen molar-refractivity contribution in [2.24, 2.45) is 4.99 Å². The summed E-state index contributed by atoms with van der Waals surface area (Å²) in [5, 5.41) is 17.8. The highest BCUT2D eigenvalue weighted by Crippen LogP contribution is 2.33. The molecule has 0 atom stereocenters. The molecule has 0 radical (unpaired) electrons. The summed E-state index contributed by atoms with van der Waals surface area (Å²) in [4.78, 5) is 25.9. The number of aromatic carboxylic acids is 1. The first-order valence-corrected chi connectivity index (χ1v) is 8.56. The summed E-state index contributed by atoms with van der Waals surface area (Å²) in [6.07, 6.45) is 1.55. The van der Waals surface area contributed by atoms with E-state index < -0.39 is 18.5 Å². The van der Waals surface area contributed by atoms with Crippen molar-refractivity contribution in [1.82, 2.24) is 0 Å². The van der Waals surface area contributed by atoms with Crippen LogP contribution in [0, 0.1) is 3.57 Å². The number of halogens is 2. The average Bonchev–Trinajstić information content (AvgIpc) is 2.58. The molecule has 136 valence electrons. The molecule has 2 aromatic carbocycles. The van der Waals surface area contributed by atoms with Gasteiger partial charge in [-0.05, 0) is 58.5 Å². The second-order valence-corrected chi connectivity index (χ2v) is 6.51. The summed E-state index contributed by atoms with van der Waals surface area (Å²) in [6, 6.07) is 7.77. The lowest BCUT2D eigenvalue weighted by Gasteiger charge is -2.12. The van der Waals surface area contributed by atoms with Gasteiger partial charge in [0.2, 0.25) is 0 Å². The van der Waals surface area contributed by atoms with E-state index in [0.717, 1.165) is 0 Å². The van der Waals surface area contributed by atoms with Crippen LogP contribution in [0.1, 0.15) is 15.9 Å². The number of aliphatic imine (C=N–C) groups is 1. The highest BCUT2D eigenvalue weighted by Gasteiger charge is 2.13. The summed E-state index contributed by atoms with van der Waals surface area (Å²) < 4.78 is 11.1. The van der Waals surface area contributed by atoms with Crippen LogP contribution in [0.2, 0.25) is 5.02 Å². The lowest BCUT2D eigenvalue weighted by atomic mass is 10.2. The van der Waals surface area contributed by atoms with Crippen LogP contribution in [0.4, 0.5) is 5.69 Å². The molecule has 2 aromatic rings. The van der Waals surface area contributed by atoms with Crippen LogP contribution in [0.25, 0.3) is 0 Å². The predicted molar refractivity (Wildman–Crippen MR) is 105 cm³/mol. The molecule has 0 unspecified atom stereocenters. The molecular weight excluding hydrogens is 477 g/mol. The minimum Gasteiger partial charge on any atom is -0.493 e. The van der Waals surface area contributed by atoms with E-state index in [9.17, 15) is 9.59 Å². The Labute approximate surface area is 167 Å². The Morgan fingerprint density at radius 1 is 1.27 bits per heavy atom. The molecule has 2 rings (SSSR count). The molecule has 0 bridgehead atoms. The second-order valence-electron chi connectivity index (χ2n) is 4.94. The smallest absolute Gasteiger partial charge is 0.341 e. The van der Waals surface area contributed by atoms with Gasteiger partial charge in [0.15, 0.2) is 18.1 Å². The monoisotopic (exact) mass is 489 g/mol. The number of rotatable bonds is 7. The maximum Gasteiger partial charge on any atom is 0.341 e. The topological polar surface area (TPSA) is 105 Å². The van der Waals surface area contributed by atoms with E-state index in [1.807, 2.05) is 22.6 Å². The lowest BCUT2D eigenvalue weighted by Crippen LogP contribution is -2.11. The molecule has 0 saturated carbocycles. The number of benzene rings is 2. The molecule has 2 N–H and O–H groups in total. The minimum atomic E-state index is -1.11. The zero-order valence-corrected chi connectivity index (χ0v) is 16.3. The molecule has 9 heteroatoms. The Kier molecular flexibility index (Phi) is 6.81. The number of nitrogens with zero attached hydrogens (tertiary/aromatic N) is 1. The van der Waals surface area contributed by atoms with Crippen molar-refractivity contribution in [2.75, 3.05) is 13.7 Å². The number of methoxy groups -OCH3 is 1. The summed E-state index contributed by atoms with van der Waals surface area (Å²) in [5.74, 6) is -1.49. The van der Waals surface area contributed by atoms with Crippen molar-refractivity contribution in [2.45, 2.75) is 0 Å². The van der Waals surface area contributed by atoms with Crippen LogP contribution in [-0.2, 0) is 4.79 Å². The first kappa shape index (κ1) is 20.0. The van der Waals surface area contributed by atoms with Crippen LogP contribution in [0.3, 0.4) is 0 Å². The highest BCUT2D eigenvalue weighted by atomic mass is 127.